The van der Waals surface area contributed by atoms with Gasteiger partial charge in [0.2, 0.25) is 0 Å². The van der Waals surface area contributed by atoms with Gasteiger partial charge in [-0.15, -0.1) is 0 Å². The summed E-state index contributed by atoms with van der Waals surface area (Å²) in [6.07, 6.45) is 0. The van der Waals surface area contributed by atoms with Crippen LogP contribution in [0.25, 0.3) is 0 Å². The van der Waals surface area contributed by atoms with E-state index in [-0.39, 0.29) is 6.61 Å². The first kappa shape index (κ1) is 11.6. The van der Waals surface area contributed by atoms with Crippen molar-refractivity contribution in [3.63, 3.8) is 0 Å². The third kappa shape index (κ3) is 3.06. The number of hydrogen-bond donors (Lipinski definition) is 2. The Bertz CT molecular complexity index is 452. The van der Waals surface area contributed by atoms with Crippen molar-refractivity contribution in [2.75, 3.05) is 0 Å². The summed E-state index contributed by atoms with van der Waals surface area (Å²) < 4.78 is 5.70. The third-order valence-electron chi connectivity index (χ3n) is 2.45. The van der Waals surface area contributed by atoms with Crippen LogP contribution in [0.15, 0.2) is 48.5 Å². The van der Waals surface area contributed by atoms with Crippen LogP contribution in [0.4, 0.5) is 0 Å². The molecule has 0 radical (unpaired) electrons. The SMILES string of the molecule is NCc1cccc(Oc2cccc(CO)c2)c1. The van der Waals surface area contributed by atoms with E-state index in [0.717, 1.165) is 16.9 Å². The van der Waals surface area contributed by atoms with Gasteiger partial charge in [0.15, 0.2) is 0 Å². The molecule has 3 nitrogen and oxygen atoms in total. The molecule has 0 fully saturated rings. The van der Waals surface area contributed by atoms with Crippen LogP contribution in [0, 0.1) is 0 Å². The van der Waals surface area contributed by atoms with Crippen LogP contribution in [0.5, 0.6) is 11.5 Å². The molecule has 3 heteroatoms. The van der Waals surface area contributed by atoms with E-state index in [4.69, 9.17) is 15.6 Å². The molecule has 2 aromatic carbocycles. The number of ether oxygens (including phenoxy) is 1. The van der Waals surface area contributed by atoms with Crippen LogP contribution in [0.3, 0.4) is 0 Å². The van der Waals surface area contributed by atoms with Crippen molar-refractivity contribution >= 4 is 0 Å². The minimum absolute atomic E-state index is 0.0139. The van der Waals surface area contributed by atoms with Gasteiger partial charge < -0.3 is 15.6 Å². The van der Waals surface area contributed by atoms with E-state index in [9.17, 15) is 0 Å². The first-order valence-electron chi connectivity index (χ1n) is 5.48. The molecule has 17 heavy (non-hydrogen) atoms. The van der Waals surface area contributed by atoms with E-state index in [1.807, 2.05) is 48.5 Å². The first-order valence-corrected chi connectivity index (χ1v) is 5.48. The molecule has 0 aliphatic heterocycles. The fourth-order valence-electron chi connectivity index (χ4n) is 1.58. The Morgan fingerprint density at radius 2 is 1.53 bits per heavy atom. The van der Waals surface area contributed by atoms with Crippen molar-refractivity contribution in [1.82, 2.24) is 0 Å². The van der Waals surface area contributed by atoms with Gasteiger partial charge in [0, 0.05) is 6.54 Å². The summed E-state index contributed by atoms with van der Waals surface area (Å²) in [5.41, 5.74) is 7.43. The lowest BCUT2D eigenvalue weighted by molar-refractivity contribution is 0.281. The second-order valence-electron chi connectivity index (χ2n) is 3.76. The lowest BCUT2D eigenvalue weighted by Gasteiger charge is -2.07. The molecule has 0 aliphatic rings. The molecule has 0 atom stereocenters. The number of aliphatic hydroxyl groups excluding tert-OH is 1. The molecule has 3 N–H and O–H groups in total. The molecule has 0 heterocycles. The molecule has 2 aromatic rings. The predicted molar refractivity (Wildman–Crippen MR) is 66.8 cm³/mol. The molecule has 0 unspecified atom stereocenters. The van der Waals surface area contributed by atoms with E-state index in [2.05, 4.69) is 0 Å². The molecule has 0 saturated heterocycles. The average Bonchev–Trinajstić information content (AvgIpc) is 2.39. The van der Waals surface area contributed by atoms with Crippen LogP contribution >= 0.6 is 0 Å². The largest absolute Gasteiger partial charge is 0.457 e. The Balaban J connectivity index is 2.18. The van der Waals surface area contributed by atoms with Crippen LogP contribution in [0.2, 0.25) is 0 Å². The van der Waals surface area contributed by atoms with Gasteiger partial charge in [0.05, 0.1) is 6.61 Å². The van der Waals surface area contributed by atoms with Crippen LogP contribution in [0.1, 0.15) is 11.1 Å². The summed E-state index contributed by atoms with van der Waals surface area (Å²) in [6, 6.07) is 15.0. The van der Waals surface area contributed by atoms with Gasteiger partial charge in [-0.25, -0.2) is 0 Å². The molecule has 0 aromatic heterocycles. The van der Waals surface area contributed by atoms with Gasteiger partial charge in [-0.3, -0.25) is 0 Å². The summed E-state index contributed by atoms with van der Waals surface area (Å²) in [7, 11) is 0. The molecule has 0 bridgehead atoms. The standard InChI is InChI=1S/C14H15NO2/c15-9-11-3-1-5-13(7-11)17-14-6-2-4-12(8-14)10-16/h1-8,16H,9-10,15H2. The number of nitrogens with two attached hydrogens (primary N) is 1. The smallest absolute Gasteiger partial charge is 0.127 e. The van der Waals surface area contributed by atoms with Crippen LogP contribution in [-0.2, 0) is 13.2 Å². The van der Waals surface area contributed by atoms with Crippen molar-refractivity contribution < 1.29 is 9.84 Å². The highest BCUT2D eigenvalue weighted by atomic mass is 16.5. The van der Waals surface area contributed by atoms with Crippen molar-refractivity contribution in [3.05, 3.63) is 59.7 Å². The zero-order valence-corrected chi connectivity index (χ0v) is 9.47. The fourth-order valence-corrected chi connectivity index (χ4v) is 1.58. The fraction of sp³-hybridized carbons (Fsp3) is 0.143. The number of rotatable bonds is 4. The van der Waals surface area contributed by atoms with E-state index in [1.54, 1.807) is 0 Å². The first-order chi connectivity index (χ1) is 8.31. The van der Waals surface area contributed by atoms with Crippen molar-refractivity contribution in [2.45, 2.75) is 13.2 Å². The minimum Gasteiger partial charge on any atom is -0.457 e. The minimum atomic E-state index is 0.0139. The van der Waals surface area contributed by atoms with Crippen molar-refractivity contribution in [2.24, 2.45) is 5.73 Å². The van der Waals surface area contributed by atoms with E-state index >= 15 is 0 Å². The Morgan fingerprint density at radius 3 is 2.12 bits per heavy atom. The second kappa shape index (κ2) is 5.48. The molecule has 2 rings (SSSR count). The van der Waals surface area contributed by atoms with Crippen molar-refractivity contribution in [1.29, 1.82) is 0 Å². The highest BCUT2D eigenvalue weighted by molar-refractivity contribution is 5.35. The van der Waals surface area contributed by atoms with Crippen molar-refractivity contribution in [3.8, 4) is 11.5 Å². The lowest BCUT2D eigenvalue weighted by Crippen LogP contribution is -1.96. The van der Waals surface area contributed by atoms with Gasteiger partial charge in [-0.1, -0.05) is 24.3 Å². The topological polar surface area (TPSA) is 55.5 Å². The Labute approximate surface area is 100 Å². The zero-order chi connectivity index (χ0) is 12.1. The molecular formula is C14H15NO2. The molecule has 0 spiro atoms. The zero-order valence-electron chi connectivity index (χ0n) is 9.47. The summed E-state index contributed by atoms with van der Waals surface area (Å²) in [5.74, 6) is 1.47. The summed E-state index contributed by atoms with van der Waals surface area (Å²) in [4.78, 5) is 0. The molecular weight excluding hydrogens is 214 g/mol. The molecule has 0 amide bonds. The van der Waals surface area contributed by atoms with E-state index < -0.39 is 0 Å². The van der Waals surface area contributed by atoms with E-state index in [0.29, 0.717) is 12.3 Å². The van der Waals surface area contributed by atoms with Crippen LogP contribution in [-0.4, -0.2) is 5.11 Å². The van der Waals surface area contributed by atoms with Gasteiger partial charge in [-0.2, -0.15) is 0 Å². The predicted octanol–water partition coefficient (Wildman–Crippen LogP) is 2.43. The summed E-state index contributed by atoms with van der Waals surface area (Å²) in [6.45, 7) is 0.508. The lowest BCUT2D eigenvalue weighted by atomic mass is 10.2. The monoisotopic (exact) mass is 229 g/mol. The maximum atomic E-state index is 9.04. The van der Waals surface area contributed by atoms with Gasteiger partial charge in [0.1, 0.15) is 11.5 Å². The summed E-state index contributed by atoms with van der Waals surface area (Å²) in [5, 5.41) is 9.04. The van der Waals surface area contributed by atoms with Gasteiger partial charge >= 0.3 is 0 Å². The van der Waals surface area contributed by atoms with Gasteiger partial charge in [-0.05, 0) is 35.4 Å². The molecule has 0 saturated carbocycles. The maximum Gasteiger partial charge on any atom is 0.127 e. The maximum absolute atomic E-state index is 9.04. The second-order valence-corrected chi connectivity index (χ2v) is 3.76. The Morgan fingerprint density at radius 1 is 0.941 bits per heavy atom. The summed E-state index contributed by atoms with van der Waals surface area (Å²) >= 11 is 0. The molecule has 88 valence electrons. The van der Waals surface area contributed by atoms with Crippen LogP contribution < -0.4 is 10.5 Å². The number of hydrogen-bond acceptors (Lipinski definition) is 3. The average molecular weight is 229 g/mol. The number of benzene rings is 2. The highest BCUT2D eigenvalue weighted by Gasteiger charge is 1.99. The van der Waals surface area contributed by atoms with E-state index in [1.165, 1.54) is 0 Å². The number of aliphatic hydroxyl groups is 1. The quantitative estimate of drug-likeness (QED) is 0.846. The third-order valence-corrected chi connectivity index (χ3v) is 2.45. The Kier molecular flexibility index (Phi) is 3.75. The van der Waals surface area contributed by atoms with Gasteiger partial charge in [0.25, 0.3) is 0 Å². The highest BCUT2D eigenvalue weighted by Crippen LogP contribution is 2.23. The Hall–Kier alpha value is -1.84. The molecule has 0 aliphatic carbocycles. The normalized spacial score (nSPS) is 10.2.